The van der Waals surface area contributed by atoms with Gasteiger partial charge in [0.15, 0.2) is 0 Å². The van der Waals surface area contributed by atoms with Gasteiger partial charge in [0.1, 0.15) is 5.75 Å². The summed E-state index contributed by atoms with van der Waals surface area (Å²) in [5.74, 6) is 0.945. The summed E-state index contributed by atoms with van der Waals surface area (Å²) in [7, 11) is 1.73. The number of methoxy groups -OCH3 is 1. The average Bonchev–Trinajstić information content (AvgIpc) is 2.88. The SMILES string of the molecule is CCC1CCC(C)N1C1CCc2cc(OC)ccc2C1N. The first-order chi connectivity index (χ1) is 10.2. The highest BCUT2D eigenvalue weighted by atomic mass is 16.5. The molecule has 3 nitrogen and oxygen atoms in total. The zero-order chi connectivity index (χ0) is 15.0. The molecule has 3 heteroatoms. The molecule has 4 atom stereocenters. The summed E-state index contributed by atoms with van der Waals surface area (Å²) in [5, 5.41) is 0. The van der Waals surface area contributed by atoms with Gasteiger partial charge in [-0.15, -0.1) is 0 Å². The lowest BCUT2D eigenvalue weighted by molar-refractivity contribution is 0.101. The summed E-state index contributed by atoms with van der Waals surface area (Å²) < 4.78 is 5.34. The highest BCUT2D eigenvalue weighted by molar-refractivity contribution is 5.40. The van der Waals surface area contributed by atoms with Gasteiger partial charge in [-0.2, -0.15) is 0 Å². The van der Waals surface area contributed by atoms with E-state index in [9.17, 15) is 0 Å². The Kier molecular flexibility index (Phi) is 4.23. The second-order valence-electron chi connectivity index (χ2n) is 6.63. The van der Waals surface area contributed by atoms with Crippen LogP contribution in [0.2, 0.25) is 0 Å². The van der Waals surface area contributed by atoms with Crippen LogP contribution in [-0.2, 0) is 6.42 Å². The number of fused-ring (bicyclic) bond motifs is 1. The van der Waals surface area contributed by atoms with Gasteiger partial charge in [0.25, 0.3) is 0 Å². The number of aryl methyl sites for hydroxylation is 1. The van der Waals surface area contributed by atoms with Crippen LogP contribution in [0.15, 0.2) is 18.2 Å². The van der Waals surface area contributed by atoms with Crippen LogP contribution in [0.4, 0.5) is 0 Å². The van der Waals surface area contributed by atoms with Crippen molar-refractivity contribution in [3.63, 3.8) is 0 Å². The minimum atomic E-state index is 0.134. The largest absolute Gasteiger partial charge is 0.497 e. The lowest BCUT2D eigenvalue weighted by atomic mass is 9.83. The summed E-state index contributed by atoms with van der Waals surface area (Å²) >= 11 is 0. The van der Waals surface area contributed by atoms with Crippen molar-refractivity contribution in [2.75, 3.05) is 7.11 Å². The van der Waals surface area contributed by atoms with Crippen molar-refractivity contribution in [1.82, 2.24) is 4.90 Å². The minimum Gasteiger partial charge on any atom is -0.497 e. The van der Waals surface area contributed by atoms with Crippen LogP contribution in [0.25, 0.3) is 0 Å². The zero-order valence-electron chi connectivity index (χ0n) is 13.5. The molecule has 21 heavy (non-hydrogen) atoms. The Bertz CT molecular complexity index is 502. The van der Waals surface area contributed by atoms with Crippen LogP contribution in [0.1, 0.15) is 56.7 Å². The van der Waals surface area contributed by atoms with Gasteiger partial charge in [-0.25, -0.2) is 0 Å². The van der Waals surface area contributed by atoms with Crippen LogP contribution < -0.4 is 10.5 Å². The van der Waals surface area contributed by atoms with E-state index in [1.165, 1.54) is 36.8 Å². The highest BCUT2D eigenvalue weighted by Gasteiger charge is 2.39. The summed E-state index contributed by atoms with van der Waals surface area (Å²) in [4.78, 5) is 2.72. The Hall–Kier alpha value is -1.06. The van der Waals surface area contributed by atoms with Gasteiger partial charge in [0, 0.05) is 24.2 Å². The number of likely N-dealkylation sites (tertiary alicyclic amines) is 1. The van der Waals surface area contributed by atoms with Gasteiger partial charge < -0.3 is 10.5 Å². The third-order valence-electron chi connectivity index (χ3n) is 5.54. The molecule has 0 bridgehead atoms. The fourth-order valence-corrected chi connectivity index (χ4v) is 4.38. The van der Waals surface area contributed by atoms with Crippen molar-refractivity contribution in [2.24, 2.45) is 5.73 Å². The van der Waals surface area contributed by atoms with Crippen LogP contribution in [0.5, 0.6) is 5.75 Å². The van der Waals surface area contributed by atoms with Crippen molar-refractivity contribution < 1.29 is 4.74 Å². The van der Waals surface area contributed by atoms with Crippen molar-refractivity contribution >= 4 is 0 Å². The lowest BCUT2D eigenvalue weighted by Crippen LogP contribution is -2.50. The molecule has 0 aromatic heterocycles. The highest BCUT2D eigenvalue weighted by Crippen LogP contribution is 2.39. The quantitative estimate of drug-likeness (QED) is 0.927. The molecule has 1 aliphatic heterocycles. The van der Waals surface area contributed by atoms with Gasteiger partial charge in [-0.1, -0.05) is 13.0 Å². The summed E-state index contributed by atoms with van der Waals surface area (Å²) in [6.45, 7) is 4.68. The molecule has 1 aromatic rings. The van der Waals surface area contributed by atoms with E-state index in [1.54, 1.807) is 7.11 Å². The Labute approximate surface area is 128 Å². The molecule has 1 saturated heterocycles. The number of benzene rings is 1. The van der Waals surface area contributed by atoms with Crippen molar-refractivity contribution in [3.8, 4) is 5.75 Å². The smallest absolute Gasteiger partial charge is 0.119 e. The maximum absolute atomic E-state index is 6.66. The fourth-order valence-electron chi connectivity index (χ4n) is 4.38. The number of nitrogens with two attached hydrogens (primary N) is 1. The molecular weight excluding hydrogens is 260 g/mol. The number of hydrogen-bond donors (Lipinski definition) is 1. The molecule has 4 unspecified atom stereocenters. The molecule has 116 valence electrons. The average molecular weight is 288 g/mol. The van der Waals surface area contributed by atoms with Crippen molar-refractivity contribution in [2.45, 2.75) is 70.1 Å². The lowest BCUT2D eigenvalue weighted by Gasteiger charge is -2.42. The molecule has 0 radical (unpaired) electrons. The van der Waals surface area contributed by atoms with E-state index >= 15 is 0 Å². The van der Waals surface area contributed by atoms with Gasteiger partial charge >= 0.3 is 0 Å². The second kappa shape index (κ2) is 5.98. The van der Waals surface area contributed by atoms with E-state index < -0.39 is 0 Å². The molecule has 0 saturated carbocycles. The Morgan fingerprint density at radius 3 is 2.81 bits per heavy atom. The standard InChI is InChI=1S/C18H28N2O/c1-4-14-7-5-12(2)20(14)17-10-6-13-11-15(21-3)8-9-16(13)18(17)19/h8-9,11-12,14,17-18H,4-7,10,19H2,1-3H3. The maximum atomic E-state index is 6.66. The Balaban J connectivity index is 1.86. The number of rotatable bonds is 3. The molecule has 1 aliphatic carbocycles. The van der Waals surface area contributed by atoms with Gasteiger partial charge in [0.05, 0.1) is 7.11 Å². The Morgan fingerprint density at radius 2 is 2.10 bits per heavy atom. The molecule has 0 spiro atoms. The maximum Gasteiger partial charge on any atom is 0.119 e. The van der Waals surface area contributed by atoms with Crippen molar-refractivity contribution in [3.05, 3.63) is 29.3 Å². The predicted molar refractivity (Wildman–Crippen MR) is 86.6 cm³/mol. The molecular formula is C18H28N2O. The normalized spacial score (nSPS) is 33.0. The first kappa shape index (κ1) is 14.9. The van der Waals surface area contributed by atoms with Crippen molar-refractivity contribution in [1.29, 1.82) is 0 Å². The van der Waals surface area contributed by atoms with E-state index in [-0.39, 0.29) is 6.04 Å². The summed E-state index contributed by atoms with van der Waals surface area (Å²) in [6, 6.07) is 8.40. The van der Waals surface area contributed by atoms with Crippen LogP contribution in [0.3, 0.4) is 0 Å². The third-order valence-corrected chi connectivity index (χ3v) is 5.54. The third kappa shape index (κ3) is 2.58. The number of ether oxygens (including phenoxy) is 1. The fraction of sp³-hybridized carbons (Fsp3) is 0.667. The second-order valence-corrected chi connectivity index (χ2v) is 6.63. The number of nitrogens with zero attached hydrogens (tertiary/aromatic N) is 1. The monoisotopic (exact) mass is 288 g/mol. The van der Waals surface area contributed by atoms with Gasteiger partial charge in [-0.05, 0) is 62.3 Å². The van der Waals surface area contributed by atoms with E-state index in [0.717, 1.165) is 18.2 Å². The first-order valence-corrected chi connectivity index (χ1v) is 8.35. The topological polar surface area (TPSA) is 38.5 Å². The van der Waals surface area contributed by atoms with Gasteiger partial charge in [0.2, 0.25) is 0 Å². The van der Waals surface area contributed by atoms with E-state index in [2.05, 4.69) is 30.9 Å². The van der Waals surface area contributed by atoms with Gasteiger partial charge in [-0.3, -0.25) is 4.90 Å². The Morgan fingerprint density at radius 1 is 1.29 bits per heavy atom. The molecule has 2 aliphatic rings. The van der Waals surface area contributed by atoms with Crippen LogP contribution in [-0.4, -0.2) is 30.1 Å². The van der Waals surface area contributed by atoms with Crippen LogP contribution >= 0.6 is 0 Å². The number of hydrogen-bond acceptors (Lipinski definition) is 3. The predicted octanol–water partition coefficient (Wildman–Crippen LogP) is 3.27. The molecule has 3 rings (SSSR count). The minimum absolute atomic E-state index is 0.134. The van der Waals surface area contributed by atoms with Crippen LogP contribution in [0, 0.1) is 0 Å². The summed E-state index contributed by atoms with van der Waals surface area (Å²) in [6.07, 6.45) is 6.17. The van der Waals surface area contributed by atoms with E-state index in [1.807, 2.05) is 6.07 Å². The van der Waals surface area contributed by atoms with E-state index in [4.69, 9.17) is 10.5 Å². The molecule has 1 heterocycles. The summed E-state index contributed by atoms with van der Waals surface area (Å²) in [5.41, 5.74) is 9.35. The molecule has 2 N–H and O–H groups in total. The van der Waals surface area contributed by atoms with E-state index in [0.29, 0.717) is 12.1 Å². The first-order valence-electron chi connectivity index (χ1n) is 8.35. The molecule has 1 fully saturated rings. The zero-order valence-corrected chi connectivity index (χ0v) is 13.5. The molecule has 0 amide bonds. The molecule has 1 aromatic carbocycles.